The number of aliphatic hydroxyl groups is 1. The van der Waals surface area contributed by atoms with E-state index in [-0.39, 0.29) is 11.8 Å². The normalized spacial score (nSPS) is 16.6. The van der Waals surface area contributed by atoms with Gasteiger partial charge in [-0.2, -0.15) is 0 Å². The maximum Gasteiger partial charge on any atom is 0.223 e. The summed E-state index contributed by atoms with van der Waals surface area (Å²) in [5.41, 5.74) is 0.790. The van der Waals surface area contributed by atoms with Crippen molar-refractivity contribution in [3.05, 3.63) is 34.9 Å². The number of carbonyl (C=O) groups excluding carboxylic acids is 1. The Kier molecular flexibility index (Phi) is 4.02. The molecule has 2 N–H and O–H groups in total. The first-order chi connectivity index (χ1) is 8.16. The van der Waals surface area contributed by atoms with Gasteiger partial charge in [-0.3, -0.25) is 4.79 Å². The number of aliphatic hydroxyl groups excluding tert-OH is 1. The average molecular weight is 254 g/mol. The lowest BCUT2D eigenvalue weighted by molar-refractivity contribution is -0.122. The van der Waals surface area contributed by atoms with Gasteiger partial charge in [0.1, 0.15) is 0 Å². The number of amides is 1. The second kappa shape index (κ2) is 5.52. The summed E-state index contributed by atoms with van der Waals surface area (Å²) in [4.78, 5) is 11.4. The molecular weight excluding hydrogens is 238 g/mol. The third-order valence-corrected chi connectivity index (χ3v) is 3.13. The molecule has 1 fully saturated rings. The molecule has 1 aliphatic carbocycles. The molecule has 1 saturated carbocycles. The fourth-order valence-electron chi connectivity index (χ4n) is 1.70. The Morgan fingerprint density at radius 3 is 2.94 bits per heavy atom. The largest absolute Gasteiger partial charge is 0.388 e. The number of rotatable bonds is 5. The highest BCUT2D eigenvalue weighted by Gasteiger charge is 2.29. The zero-order valence-corrected chi connectivity index (χ0v) is 10.3. The summed E-state index contributed by atoms with van der Waals surface area (Å²) in [5, 5.41) is 13.3. The molecule has 1 aromatic carbocycles. The lowest BCUT2D eigenvalue weighted by Crippen LogP contribution is -2.26. The van der Waals surface area contributed by atoms with E-state index < -0.39 is 6.10 Å². The van der Waals surface area contributed by atoms with Gasteiger partial charge in [0, 0.05) is 17.5 Å². The minimum absolute atomic E-state index is 0.114. The summed E-state index contributed by atoms with van der Waals surface area (Å²) in [7, 11) is 0. The minimum Gasteiger partial charge on any atom is -0.388 e. The molecule has 0 spiro atoms. The Balaban J connectivity index is 1.76. The van der Waals surface area contributed by atoms with Crippen LogP contribution in [0.1, 0.15) is 30.9 Å². The minimum atomic E-state index is -0.576. The highest BCUT2D eigenvalue weighted by Crippen LogP contribution is 2.28. The fraction of sp³-hybridized carbons (Fsp3) is 0.462. The molecule has 1 amide bonds. The number of nitrogens with one attached hydrogen (secondary N) is 1. The Morgan fingerprint density at radius 1 is 1.53 bits per heavy atom. The Bertz CT molecular complexity index is 404. The van der Waals surface area contributed by atoms with Crippen LogP contribution in [0.4, 0.5) is 0 Å². The van der Waals surface area contributed by atoms with E-state index in [1.54, 1.807) is 12.1 Å². The lowest BCUT2D eigenvalue weighted by Gasteiger charge is -2.11. The van der Waals surface area contributed by atoms with Crippen molar-refractivity contribution in [2.45, 2.75) is 25.4 Å². The van der Waals surface area contributed by atoms with Crippen molar-refractivity contribution in [2.75, 3.05) is 6.54 Å². The topological polar surface area (TPSA) is 49.3 Å². The SMILES string of the molecule is O=C(NCCC(O)c1cccc(Cl)c1)C1CC1. The molecular formula is C13H16ClNO2. The van der Waals surface area contributed by atoms with Gasteiger partial charge in [-0.1, -0.05) is 23.7 Å². The van der Waals surface area contributed by atoms with Gasteiger partial charge in [0.15, 0.2) is 0 Å². The van der Waals surface area contributed by atoms with E-state index >= 15 is 0 Å². The monoisotopic (exact) mass is 253 g/mol. The van der Waals surface area contributed by atoms with Gasteiger partial charge in [0.05, 0.1) is 6.10 Å². The van der Waals surface area contributed by atoms with E-state index in [1.165, 1.54) is 0 Å². The predicted molar refractivity (Wildman–Crippen MR) is 66.8 cm³/mol. The number of hydrogen-bond acceptors (Lipinski definition) is 2. The Morgan fingerprint density at radius 2 is 2.29 bits per heavy atom. The summed E-state index contributed by atoms with van der Waals surface area (Å²) in [5.74, 6) is 0.335. The molecule has 1 unspecified atom stereocenters. The lowest BCUT2D eigenvalue weighted by atomic mass is 10.1. The molecule has 0 saturated heterocycles. The van der Waals surface area contributed by atoms with Crippen LogP contribution in [0, 0.1) is 5.92 Å². The van der Waals surface area contributed by atoms with E-state index in [1.807, 2.05) is 12.1 Å². The van der Waals surface area contributed by atoms with Crippen molar-refractivity contribution in [2.24, 2.45) is 5.92 Å². The summed E-state index contributed by atoms with van der Waals surface area (Å²) in [6.45, 7) is 0.503. The van der Waals surface area contributed by atoms with Crippen LogP contribution in [0.15, 0.2) is 24.3 Å². The Hall–Kier alpha value is -1.06. The molecule has 0 heterocycles. The van der Waals surface area contributed by atoms with Crippen molar-refractivity contribution in [1.29, 1.82) is 0 Å². The molecule has 1 aliphatic rings. The quantitative estimate of drug-likeness (QED) is 0.846. The van der Waals surface area contributed by atoms with Gasteiger partial charge in [0.25, 0.3) is 0 Å². The molecule has 17 heavy (non-hydrogen) atoms. The summed E-state index contributed by atoms with van der Waals surface area (Å²) in [6.07, 6.45) is 1.94. The first-order valence-corrected chi connectivity index (χ1v) is 6.26. The van der Waals surface area contributed by atoms with Crippen LogP contribution < -0.4 is 5.32 Å². The zero-order chi connectivity index (χ0) is 12.3. The molecule has 1 atom stereocenters. The molecule has 92 valence electrons. The Labute approximate surface area is 106 Å². The van der Waals surface area contributed by atoms with Crippen LogP contribution >= 0.6 is 11.6 Å². The number of carbonyl (C=O) groups is 1. The maximum atomic E-state index is 11.4. The van der Waals surface area contributed by atoms with Gasteiger partial charge in [-0.15, -0.1) is 0 Å². The molecule has 0 radical (unpaired) electrons. The highest BCUT2D eigenvalue weighted by atomic mass is 35.5. The van der Waals surface area contributed by atoms with E-state index in [0.717, 1.165) is 18.4 Å². The van der Waals surface area contributed by atoms with Crippen LogP contribution in [-0.2, 0) is 4.79 Å². The molecule has 3 nitrogen and oxygen atoms in total. The van der Waals surface area contributed by atoms with Crippen LogP contribution in [-0.4, -0.2) is 17.6 Å². The van der Waals surface area contributed by atoms with Crippen molar-refractivity contribution < 1.29 is 9.90 Å². The van der Waals surface area contributed by atoms with Crippen LogP contribution in [0.25, 0.3) is 0 Å². The highest BCUT2D eigenvalue weighted by molar-refractivity contribution is 6.30. The van der Waals surface area contributed by atoms with Crippen molar-refractivity contribution in [3.8, 4) is 0 Å². The number of benzene rings is 1. The van der Waals surface area contributed by atoms with Crippen LogP contribution in [0.5, 0.6) is 0 Å². The van der Waals surface area contributed by atoms with Crippen molar-refractivity contribution in [1.82, 2.24) is 5.32 Å². The molecule has 2 rings (SSSR count). The van der Waals surface area contributed by atoms with Crippen LogP contribution in [0.2, 0.25) is 5.02 Å². The standard InChI is InChI=1S/C13H16ClNO2/c14-11-3-1-2-10(8-11)12(16)6-7-15-13(17)9-4-5-9/h1-3,8-9,12,16H,4-7H2,(H,15,17). The average Bonchev–Trinajstić information content (AvgIpc) is 3.12. The summed E-state index contributed by atoms with van der Waals surface area (Å²) >= 11 is 5.84. The van der Waals surface area contributed by atoms with Crippen LogP contribution in [0.3, 0.4) is 0 Å². The maximum absolute atomic E-state index is 11.4. The predicted octanol–water partition coefficient (Wildman–Crippen LogP) is 2.29. The van der Waals surface area contributed by atoms with E-state index in [2.05, 4.69) is 5.32 Å². The van der Waals surface area contributed by atoms with Crippen molar-refractivity contribution >= 4 is 17.5 Å². The van der Waals surface area contributed by atoms with E-state index in [9.17, 15) is 9.90 Å². The summed E-state index contributed by atoms with van der Waals surface area (Å²) in [6, 6.07) is 7.16. The molecule has 0 aliphatic heterocycles. The zero-order valence-electron chi connectivity index (χ0n) is 9.53. The summed E-state index contributed by atoms with van der Waals surface area (Å²) < 4.78 is 0. The van der Waals surface area contributed by atoms with Gasteiger partial charge in [-0.25, -0.2) is 0 Å². The molecule has 4 heteroatoms. The van der Waals surface area contributed by atoms with E-state index in [0.29, 0.717) is 18.0 Å². The van der Waals surface area contributed by atoms with Gasteiger partial charge < -0.3 is 10.4 Å². The molecule has 0 bridgehead atoms. The first kappa shape index (κ1) is 12.4. The number of halogens is 1. The third kappa shape index (κ3) is 3.72. The van der Waals surface area contributed by atoms with E-state index in [4.69, 9.17) is 11.6 Å². The van der Waals surface area contributed by atoms with Gasteiger partial charge in [0.2, 0.25) is 5.91 Å². The first-order valence-electron chi connectivity index (χ1n) is 5.88. The number of hydrogen-bond donors (Lipinski definition) is 2. The van der Waals surface area contributed by atoms with Gasteiger partial charge >= 0.3 is 0 Å². The second-order valence-corrected chi connectivity index (χ2v) is 4.86. The third-order valence-electron chi connectivity index (χ3n) is 2.90. The fourth-order valence-corrected chi connectivity index (χ4v) is 1.90. The van der Waals surface area contributed by atoms with Gasteiger partial charge in [-0.05, 0) is 37.0 Å². The second-order valence-electron chi connectivity index (χ2n) is 4.42. The van der Waals surface area contributed by atoms with Crippen molar-refractivity contribution in [3.63, 3.8) is 0 Å². The molecule has 0 aromatic heterocycles. The molecule has 1 aromatic rings. The smallest absolute Gasteiger partial charge is 0.223 e.